The molecular weight excluding hydrogens is 684 g/mol. The van der Waals surface area contributed by atoms with E-state index in [2.05, 4.69) is 10.6 Å². The van der Waals surface area contributed by atoms with Gasteiger partial charge in [-0.05, 0) is 6.92 Å². The monoisotopic (exact) mass is 732 g/mol. The number of carbonyl (C=O) groups is 2. The summed E-state index contributed by atoms with van der Waals surface area (Å²) in [7, 11) is 0. The van der Waals surface area contributed by atoms with E-state index in [0.29, 0.717) is 0 Å². The molecule has 22 heteroatoms. The highest BCUT2D eigenvalue weighted by Gasteiger charge is 2.56. The zero-order chi connectivity index (χ0) is 37.2. The van der Waals surface area contributed by atoms with E-state index in [1.807, 2.05) is 0 Å². The first kappa shape index (κ1) is 41.0. The molecule has 2 amide bonds. The molecule has 22 nitrogen and oxygen atoms in total. The fourth-order valence-corrected chi connectivity index (χ4v) is 6.27. The van der Waals surface area contributed by atoms with Crippen LogP contribution in [0, 0.1) is 0 Å². The summed E-state index contributed by atoms with van der Waals surface area (Å²) in [5.41, 5.74) is 0. The molecule has 1 unspecified atom stereocenters. The van der Waals surface area contributed by atoms with E-state index in [1.165, 1.54) is 6.92 Å². The van der Waals surface area contributed by atoms with Crippen molar-refractivity contribution in [1.82, 2.24) is 10.6 Å². The van der Waals surface area contributed by atoms with Gasteiger partial charge in [-0.3, -0.25) is 9.59 Å². The van der Waals surface area contributed by atoms with Gasteiger partial charge in [0.1, 0.15) is 91.4 Å². The number of aliphatic hydroxyl groups is 11. The summed E-state index contributed by atoms with van der Waals surface area (Å²) in [4.78, 5) is 23.9. The summed E-state index contributed by atoms with van der Waals surface area (Å²) in [6, 6.07) is -3.05. The summed E-state index contributed by atoms with van der Waals surface area (Å²) >= 11 is 0. The molecule has 4 fully saturated rings. The van der Waals surface area contributed by atoms with Gasteiger partial charge in [0, 0.05) is 13.8 Å². The van der Waals surface area contributed by atoms with Crippen LogP contribution in [0.4, 0.5) is 0 Å². The molecule has 0 aromatic heterocycles. The average molecular weight is 733 g/mol. The highest BCUT2D eigenvalue weighted by Crippen LogP contribution is 2.36. The molecule has 0 spiro atoms. The second-order valence-electron chi connectivity index (χ2n) is 12.6. The van der Waals surface area contributed by atoms with Crippen LogP contribution in [0.3, 0.4) is 0 Å². The minimum atomic E-state index is -1.95. The molecule has 0 aliphatic carbocycles. The Morgan fingerprint density at radius 3 is 1.62 bits per heavy atom. The molecule has 4 heterocycles. The number of rotatable bonds is 11. The van der Waals surface area contributed by atoms with Gasteiger partial charge in [-0.25, -0.2) is 0 Å². The van der Waals surface area contributed by atoms with E-state index in [-0.39, 0.29) is 0 Å². The molecule has 0 aromatic rings. The lowest BCUT2D eigenvalue weighted by Gasteiger charge is -2.51. The van der Waals surface area contributed by atoms with Gasteiger partial charge in [0.25, 0.3) is 0 Å². The molecule has 50 heavy (non-hydrogen) atoms. The Morgan fingerprint density at radius 2 is 1.04 bits per heavy atom. The summed E-state index contributed by atoms with van der Waals surface area (Å²) in [6.45, 7) is 0.904. The van der Waals surface area contributed by atoms with Gasteiger partial charge >= 0.3 is 0 Å². The van der Waals surface area contributed by atoms with E-state index in [0.717, 1.165) is 13.8 Å². The topological polar surface area (TPSA) is 345 Å². The molecule has 0 bridgehead atoms. The number of carbonyl (C=O) groups excluding carboxylic acids is 2. The first-order valence-electron chi connectivity index (χ1n) is 15.9. The van der Waals surface area contributed by atoms with Gasteiger partial charge in [0.2, 0.25) is 11.8 Å². The highest BCUT2D eigenvalue weighted by atomic mass is 16.8. The maximum absolute atomic E-state index is 12.0. The molecule has 4 aliphatic rings. The molecule has 290 valence electrons. The smallest absolute Gasteiger partial charge is 0.217 e. The lowest BCUT2D eigenvalue weighted by atomic mass is 9.94. The number of hydrogen-bond acceptors (Lipinski definition) is 20. The maximum Gasteiger partial charge on any atom is 0.217 e. The Bertz CT molecular complexity index is 1130. The minimum Gasteiger partial charge on any atom is -0.394 e. The molecule has 0 aromatic carbocycles. The number of aliphatic hydroxyl groups excluding tert-OH is 11. The van der Waals surface area contributed by atoms with E-state index < -0.39 is 154 Å². The van der Waals surface area contributed by atoms with Crippen LogP contribution in [0.5, 0.6) is 0 Å². The highest BCUT2D eigenvalue weighted by molar-refractivity contribution is 5.73. The standard InChI is InChI=1S/C28H48N2O20/c1-7-15(36)20(41)21(42)27(44-7)50-24-23(49-26-14(30-9(3)35)18(39)16(37)10(4-31)46-26)17(38)11(5-32)47-28(24)48-22-12(6-33)45-25(43)13(19(22)40)29-8(2)34/h7,10-28,31-33,36-43H,4-6H2,1-3H3,(H,29,34)(H,30,35)/t7-,10+,11+,12+,13+,14+,15+,16+,17-,18+,19+,20+,21-,22+,23-,24+,25?,26-,27-,28-/m0/s1. The van der Waals surface area contributed by atoms with Crippen LogP contribution in [0.15, 0.2) is 0 Å². The summed E-state index contributed by atoms with van der Waals surface area (Å²) in [5.74, 6) is -1.40. The first-order valence-corrected chi connectivity index (χ1v) is 15.9. The molecule has 0 radical (unpaired) electrons. The quantitative estimate of drug-likeness (QED) is 0.0938. The fraction of sp³-hybridized carbons (Fsp3) is 0.929. The third-order valence-corrected chi connectivity index (χ3v) is 8.97. The molecule has 0 saturated carbocycles. The predicted octanol–water partition coefficient (Wildman–Crippen LogP) is -8.43. The van der Waals surface area contributed by atoms with Crippen LogP contribution in [-0.2, 0) is 42.7 Å². The van der Waals surface area contributed by atoms with Crippen molar-refractivity contribution < 1.29 is 98.9 Å². The molecule has 4 aliphatic heterocycles. The van der Waals surface area contributed by atoms with E-state index in [4.69, 9.17) is 33.2 Å². The zero-order valence-corrected chi connectivity index (χ0v) is 27.3. The second kappa shape index (κ2) is 17.4. The molecule has 4 rings (SSSR count). The summed E-state index contributed by atoms with van der Waals surface area (Å²) < 4.78 is 40.3. The van der Waals surface area contributed by atoms with Gasteiger partial charge in [-0.2, -0.15) is 0 Å². The van der Waals surface area contributed by atoms with Crippen LogP contribution >= 0.6 is 0 Å². The van der Waals surface area contributed by atoms with Crippen LogP contribution in [0.25, 0.3) is 0 Å². The van der Waals surface area contributed by atoms with E-state index in [1.54, 1.807) is 0 Å². The Labute approximate surface area is 285 Å². The number of nitrogens with one attached hydrogen (secondary N) is 2. The van der Waals surface area contributed by atoms with Crippen LogP contribution in [-0.4, -0.2) is 211 Å². The molecule has 20 atom stereocenters. The predicted molar refractivity (Wildman–Crippen MR) is 156 cm³/mol. The normalized spacial score (nSPS) is 48.5. The van der Waals surface area contributed by atoms with Crippen LogP contribution < -0.4 is 10.6 Å². The first-order chi connectivity index (χ1) is 23.5. The molecule has 13 N–H and O–H groups in total. The van der Waals surface area contributed by atoms with Crippen LogP contribution in [0.1, 0.15) is 20.8 Å². The fourth-order valence-electron chi connectivity index (χ4n) is 6.27. The van der Waals surface area contributed by atoms with Gasteiger partial charge in [0.05, 0.1) is 25.9 Å². The third kappa shape index (κ3) is 8.70. The Kier molecular flexibility index (Phi) is 14.2. The number of amides is 2. The summed E-state index contributed by atoms with van der Waals surface area (Å²) in [5, 5.41) is 120. The maximum atomic E-state index is 12.0. The van der Waals surface area contributed by atoms with Gasteiger partial charge in [0.15, 0.2) is 25.2 Å². The molecular formula is C28H48N2O20. The van der Waals surface area contributed by atoms with Crippen LogP contribution in [0.2, 0.25) is 0 Å². The third-order valence-electron chi connectivity index (χ3n) is 8.97. The number of ether oxygens (including phenoxy) is 7. The van der Waals surface area contributed by atoms with Crippen molar-refractivity contribution in [2.45, 2.75) is 143 Å². The van der Waals surface area contributed by atoms with Gasteiger partial charge in [-0.1, -0.05) is 0 Å². The van der Waals surface area contributed by atoms with Crippen molar-refractivity contribution in [2.24, 2.45) is 0 Å². The van der Waals surface area contributed by atoms with Crippen molar-refractivity contribution in [3.05, 3.63) is 0 Å². The minimum absolute atomic E-state index is 0.682. The Morgan fingerprint density at radius 1 is 0.520 bits per heavy atom. The van der Waals surface area contributed by atoms with Gasteiger partial charge in [-0.15, -0.1) is 0 Å². The van der Waals surface area contributed by atoms with E-state index in [9.17, 15) is 65.8 Å². The van der Waals surface area contributed by atoms with Crippen molar-refractivity contribution in [3.63, 3.8) is 0 Å². The Balaban J connectivity index is 1.75. The van der Waals surface area contributed by atoms with Crippen molar-refractivity contribution >= 4 is 11.8 Å². The SMILES string of the molecule is CC(=O)N[C@H]1[C@H](O[C@H]2[C@@H](O)[C@@H](CO)O[C@@H](O[C@H]3[C@H](O)[C@@H](NC(C)=O)C(O)O[C@@H]3CO)[C@@H]2O[C@@H]2O[C@@H](C)[C@@H](O)[C@@H](O)[C@@H]2O)O[C@H](CO)[C@@H](O)[C@@H]1O. The van der Waals surface area contributed by atoms with Gasteiger partial charge < -0.3 is 100.0 Å². The molecule has 4 saturated heterocycles. The largest absolute Gasteiger partial charge is 0.394 e. The zero-order valence-electron chi connectivity index (χ0n) is 27.3. The number of hydrogen-bond donors (Lipinski definition) is 13. The second-order valence-corrected chi connectivity index (χ2v) is 12.6. The Hall–Kier alpha value is -1.78. The lowest BCUT2D eigenvalue weighted by Crippen LogP contribution is -2.70. The summed E-state index contributed by atoms with van der Waals surface area (Å²) in [6.07, 6.45) is -31.0. The van der Waals surface area contributed by atoms with E-state index >= 15 is 0 Å². The van der Waals surface area contributed by atoms with Crippen molar-refractivity contribution in [3.8, 4) is 0 Å². The van der Waals surface area contributed by atoms with Crippen molar-refractivity contribution in [2.75, 3.05) is 19.8 Å². The lowest BCUT2D eigenvalue weighted by molar-refractivity contribution is -0.398. The van der Waals surface area contributed by atoms with Crippen molar-refractivity contribution in [1.29, 1.82) is 0 Å². The average Bonchev–Trinajstić information content (AvgIpc) is 3.07.